The number of aliphatic hydroxyl groups excluding tert-OH is 1. The van der Waals surface area contributed by atoms with E-state index in [0.717, 1.165) is 43.5 Å². The molecular weight excluding hydrogens is 320 g/mol. The molecule has 0 radical (unpaired) electrons. The predicted molar refractivity (Wildman–Crippen MR) is 90.8 cm³/mol. The van der Waals surface area contributed by atoms with Crippen LogP contribution < -0.4 is 5.32 Å². The molecular formula is C16H23ClN2O2S. The number of benzene rings is 1. The first-order valence-electron chi connectivity index (χ1n) is 7.86. The molecule has 0 aromatic heterocycles. The largest absolute Gasteiger partial charge is 0.390 e. The van der Waals surface area contributed by atoms with E-state index in [9.17, 15) is 5.11 Å². The second kappa shape index (κ2) is 7.99. The Morgan fingerprint density at radius 1 is 1.41 bits per heavy atom. The number of fused-ring (bicyclic) bond motifs is 1. The number of halogens is 1. The van der Waals surface area contributed by atoms with Crippen molar-refractivity contribution in [2.45, 2.75) is 23.5 Å². The van der Waals surface area contributed by atoms with Gasteiger partial charge in [0.15, 0.2) is 0 Å². The van der Waals surface area contributed by atoms with Gasteiger partial charge < -0.3 is 15.2 Å². The summed E-state index contributed by atoms with van der Waals surface area (Å²) in [4.78, 5) is 3.56. The first kappa shape index (κ1) is 16.6. The zero-order chi connectivity index (χ0) is 15.4. The summed E-state index contributed by atoms with van der Waals surface area (Å²) in [5, 5.41) is 14.6. The van der Waals surface area contributed by atoms with E-state index in [-0.39, 0.29) is 12.1 Å². The molecule has 6 heteroatoms. The fourth-order valence-electron chi connectivity index (χ4n) is 3.00. The number of hydrogen-bond donors (Lipinski definition) is 2. The number of nitrogens with zero attached hydrogens (tertiary/aromatic N) is 1. The summed E-state index contributed by atoms with van der Waals surface area (Å²) in [5.74, 6) is 1.10. The molecule has 0 saturated carbocycles. The lowest BCUT2D eigenvalue weighted by Gasteiger charge is -2.30. The van der Waals surface area contributed by atoms with Gasteiger partial charge in [0.25, 0.3) is 0 Å². The highest BCUT2D eigenvalue weighted by Gasteiger charge is 2.22. The van der Waals surface area contributed by atoms with Gasteiger partial charge >= 0.3 is 0 Å². The van der Waals surface area contributed by atoms with Crippen LogP contribution in [0.2, 0.25) is 5.02 Å². The van der Waals surface area contributed by atoms with Crippen molar-refractivity contribution in [1.29, 1.82) is 0 Å². The third-order valence-corrected chi connectivity index (χ3v) is 5.54. The average Bonchev–Trinajstić information content (AvgIpc) is 2.54. The van der Waals surface area contributed by atoms with Crippen LogP contribution in [0.25, 0.3) is 0 Å². The minimum absolute atomic E-state index is 0.286. The third kappa shape index (κ3) is 4.37. The SMILES string of the molecule is O[C@@H](CN[C@H]1CCSc2ccc(Cl)cc21)CN1CCOCC1. The third-order valence-electron chi connectivity index (χ3n) is 4.18. The van der Waals surface area contributed by atoms with Gasteiger partial charge in [-0.3, -0.25) is 4.90 Å². The van der Waals surface area contributed by atoms with E-state index >= 15 is 0 Å². The highest BCUT2D eigenvalue weighted by Crippen LogP contribution is 2.37. The molecule has 2 heterocycles. The maximum absolute atomic E-state index is 10.3. The van der Waals surface area contributed by atoms with E-state index in [2.05, 4.69) is 22.3 Å². The summed E-state index contributed by atoms with van der Waals surface area (Å²) in [5.41, 5.74) is 1.27. The van der Waals surface area contributed by atoms with Crippen molar-refractivity contribution in [2.24, 2.45) is 0 Å². The first-order chi connectivity index (χ1) is 10.7. The normalized spacial score (nSPS) is 24.0. The smallest absolute Gasteiger partial charge is 0.0791 e. The molecule has 22 heavy (non-hydrogen) atoms. The van der Waals surface area contributed by atoms with Gasteiger partial charge in [-0.1, -0.05) is 11.6 Å². The molecule has 0 bridgehead atoms. The number of morpholine rings is 1. The molecule has 0 unspecified atom stereocenters. The van der Waals surface area contributed by atoms with Crippen LogP contribution in [0.15, 0.2) is 23.1 Å². The Bertz CT molecular complexity index is 497. The van der Waals surface area contributed by atoms with Crippen molar-refractivity contribution in [3.8, 4) is 0 Å². The van der Waals surface area contributed by atoms with Crippen LogP contribution >= 0.6 is 23.4 Å². The standard InChI is InChI=1S/C16H23ClN2O2S/c17-12-1-2-16-14(9-12)15(3-8-22-16)18-10-13(20)11-19-4-6-21-7-5-19/h1-2,9,13,15,18,20H,3-8,10-11H2/t13-,15-/m0/s1. The van der Waals surface area contributed by atoms with Crippen LogP contribution in [0.1, 0.15) is 18.0 Å². The minimum atomic E-state index is -0.352. The van der Waals surface area contributed by atoms with Crippen molar-refractivity contribution < 1.29 is 9.84 Å². The van der Waals surface area contributed by atoms with Gasteiger partial charge in [-0.05, 0) is 35.9 Å². The number of hydrogen-bond acceptors (Lipinski definition) is 5. The zero-order valence-electron chi connectivity index (χ0n) is 12.6. The lowest BCUT2D eigenvalue weighted by molar-refractivity contribution is 0.0144. The highest BCUT2D eigenvalue weighted by molar-refractivity contribution is 7.99. The molecule has 0 aliphatic carbocycles. The molecule has 2 atom stereocenters. The van der Waals surface area contributed by atoms with E-state index in [4.69, 9.17) is 16.3 Å². The van der Waals surface area contributed by atoms with E-state index in [0.29, 0.717) is 13.1 Å². The minimum Gasteiger partial charge on any atom is -0.390 e. The maximum atomic E-state index is 10.3. The van der Waals surface area contributed by atoms with Crippen molar-refractivity contribution in [3.05, 3.63) is 28.8 Å². The summed E-state index contributed by atoms with van der Waals surface area (Å²) >= 11 is 8.01. The lowest BCUT2D eigenvalue weighted by Crippen LogP contribution is -2.44. The zero-order valence-corrected chi connectivity index (χ0v) is 14.2. The molecule has 1 fully saturated rings. The Kier molecular flexibility index (Phi) is 6.02. The summed E-state index contributed by atoms with van der Waals surface area (Å²) < 4.78 is 5.33. The Labute approximate surface area is 141 Å². The van der Waals surface area contributed by atoms with Crippen LogP contribution in [0.5, 0.6) is 0 Å². The van der Waals surface area contributed by atoms with E-state index in [1.807, 2.05) is 17.8 Å². The Hall–Kier alpha value is -0.300. The van der Waals surface area contributed by atoms with Crippen molar-refractivity contribution >= 4 is 23.4 Å². The summed E-state index contributed by atoms with van der Waals surface area (Å²) in [6, 6.07) is 6.38. The van der Waals surface area contributed by atoms with Crippen LogP contribution in [0.4, 0.5) is 0 Å². The van der Waals surface area contributed by atoms with Gasteiger partial charge in [0.1, 0.15) is 0 Å². The molecule has 1 aromatic carbocycles. The summed E-state index contributed by atoms with van der Waals surface area (Å²) in [6.45, 7) is 4.68. The second-order valence-corrected chi connectivity index (χ2v) is 7.42. The molecule has 1 aromatic rings. The predicted octanol–water partition coefficient (Wildman–Crippen LogP) is 2.16. The summed E-state index contributed by atoms with van der Waals surface area (Å²) in [6.07, 6.45) is 0.720. The maximum Gasteiger partial charge on any atom is 0.0791 e. The molecule has 122 valence electrons. The number of ether oxygens (including phenoxy) is 1. The fourth-order valence-corrected chi connectivity index (χ4v) is 4.29. The number of rotatable bonds is 5. The van der Waals surface area contributed by atoms with Crippen LogP contribution in [0, 0.1) is 0 Å². The van der Waals surface area contributed by atoms with E-state index in [1.54, 1.807) is 0 Å². The molecule has 1 saturated heterocycles. The Morgan fingerprint density at radius 3 is 3.05 bits per heavy atom. The molecule has 2 aliphatic heterocycles. The second-order valence-electron chi connectivity index (χ2n) is 5.85. The van der Waals surface area contributed by atoms with Crippen LogP contribution in [-0.2, 0) is 4.74 Å². The summed E-state index contributed by atoms with van der Waals surface area (Å²) in [7, 11) is 0. The van der Waals surface area contributed by atoms with Gasteiger partial charge in [-0.2, -0.15) is 0 Å². The van der Waals surface area contributed by atoms with Gasteiger partial charge in [-0.25, -0.2) is 0 Å². The topological polar surface area (TPSA) is 44.7 Å². The highest BCUT2D eigenvalue weighted by atomic mass is 35.5. The van der Waals surface area contributed by atoms with Crippen molar-refractivity contribution in [3.63, 3.8) is 0 Å². The van der Waals surface area contributed by atoms with E-state index < -0.39 is 0 Å². The average molecular weight is 343 g/mol. The van der Waals surface area contributed by atoms with Crippen molar-refractivity contribution in [2.75, 3.05) is 45.1 Å². The van der Waals surface area contributed by atoms with E-state index in [1.165, 1.54) is 10.5 Å². The molecule has 3 rings (SSSR count). The number of nitrogens with one attached hydrogen (secondary N) is 1. The molecule has 0 spiro atoms. The Balaban J connectivity index is 1.52. The first-order valence-corrected chi connectivity index (χ1v) is 9.22. The number of β-amino-alcohol motifs (C(OH)–C–C–N with tert-alkyl or cyclic N) is 1. The quantitative estimate of drug-likeness (QED) is 0.858. The molecule has 0 amide bonds. The number of thioether (sulfide) groups is 1. The van der Waals surface area contributed by atoms with Gasteiger partial charge in [0.2, 0.25) is 0 Å². The monoisotopic (exact) mass is 342 g/mol. The Morgan fingerprint density at radius 2 is 2.23 bits per heavy atom. The van der Waals surface area contributed by atoms with Gasteiger partial charge in [0, 0.05) is 42.1 Å². The van der Waals surface area contributed by atoms with Crippen LogP contribution in [-0.4, -0.2) is 61.3 Å². The fraction of sp³-hybridized carbons (Fsp3) is 0.625. The van der Waals surface area contributed by atoms with Gasteiger partial charge in [0.05, 0.1) is 19.3 Å². The van der Waals surface area contributed by atoms with Crippen molar-refractivity contribution in [1.82, 2.24) is 10.2 Å². The number of aliphatic hydroxyl groups is 1. The molecule has 4 nitrogen and oxygen atoms in total. The van der Waals surface area contributed by atoms with Gasteiger partial charge in [-0.15, -0.1) is 11.8 Å². The molecule has 2 N–H and O–H groups in total. The lowest BCUT2D eigenvalue weighted by atomic mass is 10.0. The van der Waals surface area contributed by atoms with Crippen LogP contribution in [0.3, 0.4) is 0 Å². The molecule has 2 aliphatic rings.